The van der Waals surface area contributed by atoms with Crippen LogP contribution >= 0.6 is 0 Å². The van der Waals surface area contributed by atoms with Gasteiger partial charge < -0.3 is 20.6 Å². The normalized spacial score (nSPS) is 11.8. The number of hydrogen-bond donors (Lipinski definition) is 4. The van der Waals surface area contributed by atoms with Crippen molar-refractivity contribution in [3.63, 3.8) is 0 Å². The number of aliphatic carboxylic acids is 2. The topological polar surface area (TPSA) is 124 Å². The van der Waals surface area contributed by atoms with E-state index in [9.17, 15) is 14.4 Å². The van der Waals surface area contributed by atoms with Gasteiger partial charge in [-0.05, 0) is 0 Å². The van der Waals surface area contributed by atoms with Crippen molar-refractivity contribution in [3.05, 3.63) is 0 Å². The summed E-state index contributed by atoms with van der Waals surface area (Å²) in [5, 5.41) is 26.7. The Bertz CT molecular complexity index is 225. The molecule has 74 valence electrons. The first-order chi connectivity index (χ1) is 5.97. The third kappa shape index (κ3) is 4.75. The van der Waals surface area contributed by atoms with E-state index in [4.69, 9.17) is 15.3 Å². The van der Waals surface area contributed by atoms with Gasteiger partial charge in [-0.15, -0.1) is 0 Å². The number of carboxylic acids is 2. The van der Waals surface area contributed by atoms with Crippen molar-refractivity contribution in [2.24, 2.45) is 0 Å². The summed E-state index contributed by atoms with van der Waals surface area (Å²) >= 11 is 0. The molecule has 0 bridgehead atoms. The summed E-state index contributed by atoms with van der Waals surface area (Å²) in [6.45, 7) is -0.872. The summed E-state index contributed by atoms with van der Waals surface area (Å²) in [5.41, 5.74) is 0. The highest BCUT2D eigenvalue weighted by Gasteiger charge is 2.22. The van der Waals surface area contributed by atoms with Crippen LogP contribution in [0, 0.1) is 0 Å². The Morgan fingerprint density at radius 2 is 1.77 bits per heavy atom. The Morgan fingerprint density at radius 3 is 2.08 bits per heavy atom. The number of rotatable bonds is 5. The van der Waals surface area contributed by atoms with Crippen LogP contribution in [-0.2, 0) is 14.4 Å². The molecule has 0 aliphatic heterocycles. The van der Waals surface area contributed by atoms with E-state index >= 15 is 0 Å². The molecule has 0 rings (SSSR count). The molecule has 0 aromatic rings. The minimum Gasteiger partial charge on any atom is -0.481 e. The van der Waals surface area contributed by atoms with Crippen LogP contribution in [0.3, 0.4) is 0 Å². The first-order valence-electron chi connectivity index (χ1n) is 3.32. The van der Waals surface area contributed by atoms with Crippen LogP contribution in [0.15, 0.2) is 0 Å². The summed E-state index contributed by atoms with van der Waals surface area (Å²) in [7, 11) is 0. The summed E-state index contributed by atoms with van der Waals surface area (Å²) in [6, 6.07) is -1.50. The third-order valence-electron chi connectivity index (χ3n) is 1.16. The molecule has 0 saturated carbocycles. The molecule has 0 aromatic heterocycles. The van der Waals surface area contributed by atoms with Gasteiger partial charge in [0.25, 0.3) is 0 Å². The molecule has 13 heavy (non-hydrogen) atoms. The average molecular weight is 191 g/mol. The molecule has 7 heteroatoms. The summed E-state index contributed by atoms with van der Waals surface area (Å²) < 4.78 is 0. The van der Waals surface area contributed by atoms with Gasteiger partial charge in [-0.3, -0.25) is 9.59 Å². The van der Waals surface area contributed by atoms with Gasteiger partial charge in [-0.2, -0.15) is 0 Å². The number of hydrogen-bond acceptors (Lipinski definition) is 4. The van der Waals surface area contributed by atoms with Crippen molar-refractivity contribution in [1.82, 2.24) is 5.32 Å². The summed E-state index contributed by atoms with van der Waals surface area (Å²) in [5.74, 6) is -3.72. The van der Waals surface area contributed by atoms with Gasteiger partial charge in [0.05, 0.1) is 6.42 Å². The van der Waals surface area contributed by atoms with E-state index in [1.807, 2.05) is 5.32 Å². The largest absolute Gasteiger partial charge is 0.481 e. The Balaban J connectivity index is 4.18. The van der Waals surface area contributed by atoms with E-state index in [2.05, 4.69) is 0 Å². The lowest BCUT2D eigenvalue weighted by molar-refractivity contribution is -0.147. The zero-order valence-electron chi connectivity index (χ0n) is 6.56. The van der Waals surface area contributed by atoms with Crippen LogP contribution in [0.1, 0.15) is 6.42 Å². The Morgan fingerprint density at radius 1 is 1.23 bits per heavy atom. The molecule has 0 radical (unpaired) electrons. The van der Waals surface area contributed by atoms with Crippen LogP contribution < -0.4 is 5.32 Å². The molecule has 0 aromatic carbocycles. The summed E-state index contributed by atoms with van der Waals surface area (Å²) in [6.07, 6.45) is -0.721. The molecule has 0 aliphatic carbocycles. The molecule has 0 aliphatic rings. The monoisotopic (exact) mass is 191 g/mol. The number of nitrogens with one attached hydrogen (secondary N) is 1. The van der Waals surface area contributed by atoms with Crippen molar-refractivity contribution in [2.75, 3.05) is 6.61 Å². The first-order valence-corrected chi connectivity index (χ1v) is 3.32. The fraction of sp³-hybridized carbons (Fsp3) is 0.500. The van der Waals surface area contributed by atoms with Crippen LogP contribution in [0.25, 0.3) is 0 Å². The van der Waals surface area contributed by atoms with Gasteiger partial charge >= 0.3 is 11.9 Å². The zero-order valence-corrected chi connectivity index (χ0v) is 6.56. The van der Waals surface area contributed by atoms with E-state index in [1.54, 1.807) is 0 Å². The highest BCUT2D eigenvalue weighted by molar-refractivity contribution is 5.87. The predicted molar refractivity (Wildman–Crippen MR) is 38.9 cm³/mol. The maximum Gasteiger partial charge on any atom is 0.326 e. The lowest BCUT2D eigenvalue weighted by atomic mass is 10.2. The van der Waals surface area contributed by atoms with Crippen LogP contribution in [0.4, 0.5) is 0 Å². The molecule has 0 saturated heterocycles. The van der Waals surface area contributed by atoms with Crippen molar-refractivity contribution >= 4 is 17.8 Å². The number of aliphatic hydroxyl groups is 1. The molecule has 4 N–H and O–H groups in total. The predicted octanol–water partition coefficient (Wildman–Crippen LogP) is -1.98. The van der Waals surface area contributed by atoms with Crippen LogP contribution in [-0.4, -0.2) is 45.8 Å². The van der Waals surface area contributed by atoms with Gasteiger partial charge in [0, 0.05) is 0 Å². The molecule has 1 unspecified atom stereocenters. The zero-order chi connectivity index (χ0) is 10.4. The van der Waals surface area contributed by atoms with E-state index in [0.717, 1.165) is 0 Å². The molecule has 1 amide bonds. The number of carbonyl (C=O) groups excluding carboxylic acids is 1. The molecular formula is C6H9NO6. The van der Waals surface area contributed by atoms with Gasteiger partial charge in [-0.1, -0.05) is 0 Å². The minimum atomic E-state index is -1.50. The number of carbonyl (C=O) groups is 3. The smallest absolute Gasteiger partial charge is 0.326 e. The van der Waals surface area contributed by atoms with Gasteiger partial charge in [0.15, 0.2) is 0 Å². The Kier molecular flexibility index (Phi) is 4.45. The van der Waals surface area contributed by atoms with Gasteiger partial charge in [0.2, 0.25) is 5.91 Å². The van der Waals surface area contributed by atoms with Gasteiger partial charge in [-0.25, -0.2) is 4.79 Å². The van der Waals surface area contributed by atoms with Crippen LogP contribution in [0.5, 0.6) is 0 Å². The summed E-state index contributed by atoms with van der Waals surface area (Å²) in [4.78, 5) is 30.9. The fourth-order valence-corrected chi connectivity index (χ4v) is 0.615. The highest BCUT2D eigenvalue weighted by Crippen LogP contribution is 1.92. The SMILES string of the molecule is O=C(O)CC(NC(=O)CO)C(=O)O. The molecule has 1 atom stereocenters. The molecule has 7 nitrogen and oxygen atoms in total. The van der Waals surface area contributed by atoms with Crippen molar-refractivity contribution in [1.29, 1.82) is 0 Å². The molecular weight excluding hydrogens is 182 g/mol. The minimum absolute atomic E-state index is 0.721. The van der Waals surface area contributed by atoms with E-state index in [1.165, 1.54) is 0 Å². The maximum absolute atomic E-state index is 10.5. The quantitative estimate of drug-likeness (QED) is 0.399. The van der Waals surface area contributed by atoms with Gasteiger partial charge in [0.1, 0.15) is 12.6 Å². The number of amides is 1. The molecule has 0 spiro atoms. The highest BCUT2D eigenvalue weighted by atomic mass is 16.4. The molecule has 0 fully saturated rings. The van der Waals surface area contributed by atoms with E-state index in [0.29, 0.717) is 0 Å². The third-order valence-corrected chi connectivity index (χ3v) is 1.16. The van der Waals surface area contributed by atoms with Crippen molar-refractivity contribution in [3.8, 4) is 0 Å². The van der Waals surface area contributed by atoms with E-state index < -0.39 is 36.9 Å². The second-order valence-electron chi connectivity index (χ2n) is 2.21. The van der Waals surface area contributed by atoms with Crippen LogP contribution in [0.2, 0.25) is 0 Å². The second kappa shape index (κ2) is 5.09. The average Bonchev–Trinajstić information content (AvgIpc) is 2.02. The van der Waals surface area contributed by atoms with Crippen molar-refractivity contribution < 1.29 is 29.7 Å². The first kappa shape index (κ1) is 11.4. The van der Waals surface area contributed by atoms with E-state index in [-0.39, 0.29) is 0 Å². The lowest BCUT2D eigenvalue weighted by Gasteiger charge is -2.10. The fourth-order valence-electron chi connectivity index (χ4n) is 0.615. The Labute approximate surface area is 73.0 Å². The lowest BCUT2D eigenvalue weighted by Crippen LogP contribution is -2.43. The number of aliphatic hydroxyl groups excluding tert-OH is 1. The van der Waals surface area contributed by atoms with Crippen molar-refractivity contribution in [2.45, 2.75) is 12.5 Å². The second-order valence-corrected chi connectivity index (χ2v) is 2.21. The maximum atomic E-state index is 10.5. The number of carboxylic acid groups (broad SMARTS) is 2. The molecule has 0 heterocycles. The standard InChI is InChI=1S/C6H9NO6/c8-2-4(9)7-3(6(12)13)1-5(10)11/h3,8H,1-2H2,(H,7,9)(H,10,11)(H,12,13). The Hall–Kier alpha value is -1.63.